The van der Waals surface area contributed by atoms with Crippen LogP contribution < -0.4 is 5.76 Å². The first-order chi connectivity index (χ1) is 10.9. The molecule has 0 aliphatic rings. The van der Waals surface area contributed by atoms with Crippen molar-refractivity contribution in [3.8, 4) is 16.9 Å². The van der Waals surface area contributed by atoms with E-state index in [0.29, 0.717) is 22.0 Å². The number of rotatable bonds is 3. The van der Waals surface area contributed by atoms with Gasteiger partial charge in [0, 0.05) is 16.8 Å². The van der Waals surface area contributed by atoms with Crippen LogP contribution in [-0.4, -0.2) is 19.2 Å². The van der Waals surface area contributed by atoms with Crippen molar-refractivity contribution in [2.24, 2.45) is 0 Å². The minimum absolute atomic E-state index is 0.210. The van der Waals surface area contributed by atoms with Crippen molar-refractivity contribution in [3.05, 3.63) is 70.4 Å². The largest absolute Gasteiger partial charge is 0.424 e. The first-order valence-corrected chi connectivity index (χ1v) is 8.90. The summed E-state index contributed by atoms with van der Waals surface area (Å²) in [4.78, 5) is 12.2. The van der Waals surface area contributed by atoms with Crippen LogP contribution in [0.5, 0.6) is 0 Å². The van der Waals surface area contributed by atoms with E-state index in [1.807, 2.05) is 0 Å². The Hall–Kier alpha value is -2.31. The minimum Gasteiger partial charge on any atom is -0.415 e. The molecule has 0 aliphatic carbocycles. The molecule has 1 aromatic heterocycles. The highest BCUT2D eigenvalue weighted by Crippen LogP contribution is 2.24. The van der Waals surface area contributed by atoms with Crippen LogP contribution in [0.1, 0.15) is 0 Å². The lowest BCUT2D eigenvalue weighted by atomic mass is 10.1. The highest BCUT2D eigenvalue weighted by atomic mass is 35.5. The summed E-state index contributed by atoms with van der Waals surface area (Å²) in [7, 11) is -3.27. The Kier molecular flexibility index (Phi) is 3.87. The standard InChI is InChI=1S/C16H12ClNO4S/c1-23(20,21)14-7-5-11(6-8-14)15-10-22-16(19)18(15)13-4-2-3-12(17)9-13/h2-10H,1H3. The number of hydrogen-bond acceptors (Lipinski definition) is 4. The van der Waals surface area contributed by atoms with Crippen molar-refractivity contribution in [2.45, 2.75) is 4.90 Å². The van der Waals surface area contributed by atoms with Crippen LogP contribution in [0.3, 0.4) is 0 Å². The van der Waals surface area contributed by atoms with Gasteiger partial charge in [0.2, 0.25) is 0 Å². The Labute approximate surface area is 137 Å². The van der Waals surface area contributed by atoms with Gasteiger partial charge in [0.25, 0.3) is 0 Å². The van der Waals surface area contributed by atoms with Crippen molar-refractivity contribution < 1.29 is 12.8 Å². The van der Waals surface area contributed by atoms with Crippen molar-refractivity contribution in [2.75, 3.05) is 6.26 Å². The van der Waals surface area contributed by atoms with Crippen LogP contribution in [0.4, 0.5) is 0 Å². The third-order valence-corrected chi connectivity index (χ3v) is 4.70. The molecule has 7 heteroatoms. The number of sulfone groups is 1. The lowest BCUT2D eigenvalue weighted by Gasteiger charge is -2.07. The molecule has 2 aromatic carbocycles. The van der Waals surface area contributed by atoms with Gasteiger partial charge in [0.05, 0.1) is 16.3 Å². The van der Waals surface area contributed by atoms with Gasteiger partial charge in [0.1, 0.15) is 6.26 Å². The molecule has 0 unspecified atom stereocenters. The topological polar surface area (TPSA) is 69.3 Å². The summed E-state index contributed by atoms with van der Waals surface area (Å²) in [6.45, 7) is 0. The first kappa shape index (κ1) is 15.6. The van der Waals surface area contributed by atoms with Crippen LogP contribution in [-0.2, 0) is 9.84 Å². The van der Waals surface area contributed by atoms with Crippen LogP contribution >= 0.6 is 11.6 Å². The lowest BCUT2D eigenvalue weighted by Crippen LogP contribution is -2.13. The predicted octanol–water partition coefficient (Wildman–Crippen LogP) is 3.15. The number of nitrogens with zero attached hydrogens (tertiary/aromatic N) is 1. The Morgan fingerprint density at radius 3 is 2.39 bits per heavy atom. The van der Waals surface area contributed by atoms with Crippen LogP contribution in [0.15, 0.2) is 68.9 Å². The molecule has 0 aliphatic heterocycles. The summed E-state index contributed by atoms with van der Waals surface area (Å²) in [5, 5.41) is 0.494. The molecule has 3 aromatic rings. The molecular weight excluding hydrogens is 338 g/mol. The summed E-state index contributed by atoms with van der Waals surface area (Å²) in [6.07, 6.45) is 2.47. The van der Waals surface area contributed by atoms with Gasteiger partial charge in [-0.15, -0.1) is 0 Å². The SMILES string of the molecule is CS(=O)(=O)c1ccc(-c2coc(=O)n2-c2cccc(Cl)c2)cc1. The number of hydrogen-bond donors (Lipinski definition) is 0. The molecule has 0 N–H and O–H groups in total. The first-order valence-electron chi connectivity index (χ1n) is 6.63. The summed E-state index contributed by atoms with van der Waals surface area (Å²) < 4.78 is 29.4. The molecule has 118 valence electrons. The van der Waals surface area contributed by atoms with Gasteiger partial charge in [-0.2, -0.15) is 0 Å². The number of halogens is 1. The molecule has 0 amide bonds. The Bertz CT molecular complexity index is 1020. The smallest absolute Gasteiger partial charge is 0.415 e. The maximum atomic E-state index is 12.0. The van der Waals surface area contributed by atoms with Gasteiger partial charge in [-0.05, 0) is 30.3 Å². The molecule has 0 spiro atoms. The van der Waals surface area contributed by atoms with Crippen LogP contribution in [0, 0.1) is 0 Å². The fourth-order valence-electron chi connectivity index (χ4n) is 2.24. The van der Waals surface area contributed by atoms with Crippen molar-refractivity contribution in [1.29, 1.82) is 0 Å². The van der Waals surface area contributed by atoms with E-state index in [4.69, 9.17) is 16.0 Å². The van der Waals surface area contributed by atoms with E-state index in [1.165, 1.54) is 23.0 Å². The quantitative estimate of drug-likeness (QED) is 0.728. The molecule has 0 saturated heterocycles. The zero-order valence-corrected chi connectivity index (χ0v) is 13.6. The van der Waals surface area contributed by atoms with Crippen molar-refractivity contribution in [1.82, 2.24) is 4.57 Å². The molecule has 3 rings (SSSR count). The van der Waals surface area contributed by atoms with Crippen LogP contribution in [0.25, 0.3) is 16.9 Å². The lowest BCUT2D eigenvalue weighted by molar-refractivity contribution is 0.504. The van der Waals surface area contributed by atoms with E-state index in [2.05, 4.69) is 0 Å². The van der Waals surface area contributed by atoms with Gasteiger partial charge >= 0.3 is 5.76 Å². The van der Waals surface area contributed by atoms with Gasteiger partial charge < -0.3 is 4.42 Å². The fraction of sp³-hybridized carbons (Fsp3) is 0.0625. The van der Waals surface area contributed by atoms with E-state index in [9.17, 15) is 13.2 Å². The second kappa shape index (κ2) is 5.72. The molecular formula is C16H12ClNO4S. The maximum absolute atomic E-state index is 12.0. The van der Waals surface area contributed by atoms with Crippen LogP contribution in [0.2, 0.25) is 5.02 Å². The second-order valence-corrected chi connectivity index (χ2v) is 7.45. The third-order valence-electron chi connectivity index (χ3n) is 3.34. The van der Waals surface area contributed by atoms with Gasteiger partial charge in [-0.3, -0.25) is 0 Å². The Morgan fingerprint density at radius 1 is 1.09 bits per heavy atom. The second-order valence-electron chi connectivity index (χ2n) is 5.00. The van der Waals surface area contributed by atoms with E-state index in [0.717, 1.165) is 6.26 Å². The van der Waals surface area contributed by atoms with E-state index >= 15 is 0 Å². The monoisotopic (exact) mass is 349 g/mol. The summed E-state index contributed by atoms with van der Waals surface area (Å²) >= 11 is 5.97. The number of aromatic nitrogens is 1. The summed E-state index contributed by atoms with van der Waals surface area (Å²) in [5.41, 5.74) is 1.74. The van der Waals surface area contributed by atoms with E-state index in [1.54, 1.807) is 36.4 Å². The fourth-order valence-corrected chi connectivity index (χ4v) is 3.05. The maximum Gasteiger partial charge on any atom is 0.424 e. The molecule has 0 atom stereocenters. The summed E-state index contributed by atoms with van der Waals surface area (Å²) in [6, 6.07) is 13.0. The average molecular weight is 350 g/mol. The molecule has 5 nitrogen and oxygen atoms in total. The van der Waals surface area contributed by atoms with Crippen molar-refractivity contribution >= 4 is 21.4 Å². The molecule has 0 saturated carbocycles. The molecule has 23 heavy (non-hydrogen) atoms. The van der Waals surface area contributed by atoms with Gasteiger partial charge in [0.15, 0.2) is 9.84 Å². The molecule has 0 fully saturated rings. The number of benzene rings is 2. The van der Waals surface area contributed by atoms with E-state index in [-0.39, 0.29) is 4.90 Å². The Balaban J connectivity index is 2.14. The zero-order chi connectivity index (χ0) is 16.6. The molecule has 1 heterocycles. The normalized spacial score (nSPS) is 11.6. The zero-order valence-electron chi connectivity index (χ0n) is 12.1. The highest BCUT2D eigenvalue weighted by molar-refractivity contribution is 7.90. The minimum atomic E-state index is -3.27. The highest BCUT2D eigenvalue weighted by Gasteiger charge is 2.14. The average Bonchev–Trinajstić information content (AvgIpc) is 2.88. The van der Waals surface area contributed by atoms with E-state index < -0.39 is 15.6 Å². The molecule has 0 bridgehead atoms. The van der Waals surface area contributed by atoms with Gasteiger partial charge in [-0.25, -0.2) is 17.8 Å². The number of oxazole rings is 1. The third kappa shape index (κ3) is 3.09. The predicted molar refractivity (Wildman–Crippen MR) is 87.9 cm³/mol. The summed E-state index contributed by atoms with van der Waals surface area (Å²) in [5.74, 6) is -0.547. The van der Waals surface area contributed by atoms with Gasteiger partial charge in [-0.1, -0.05) is 29.8 Å². The molecule has 0 radical (unpaired) electrons. The Morgan fingerprint density at radius 2 is 1.78 bits per heavy atom. The van der Waals surface area contributed by atoms with Crippen molar-refractivity contribution in [3.63, 3.8) is 0 Å².